The van der Waals surface area contributed by atoms with E-state index in [2.05, 4.69) is 11.1 Å². The number of para-hydroxylation sites is 1. The molecule has 0 unspecified atom stereocenters. The zero-order valence-electron chi connectivity index (χ0n) is 11.1. The number of methoxy groups -OCH3 is 1. The van der Waals surface area contributed by atoms with Gasteiger partial charge in [0.25, 0.3) is 0 Å². The molecule has 2 aromatic rings. The predicted octanol–water partition coefficient (Wildman–Crippen LogP) is 3.53. The van der Waals surface area contributed by atoms with Gasteiger partial charge in [0.2, 0.25) is 5.88 Å². The number of hydrogen-bond acceptors (Lipinski definition) is 4. The van der Waals surface area contributed by atoms with Crippen molar-refractivity contribution in [3.8, 4) is 11.8 Å². The van der Waals surface area contributed by atoms with Crippen molar-refractivity contribution in [2.45, 2.75) is 13.8 Å². The summed E-state index contributed by atoms with van der Waals surface area (Å²) < 4.78 is 10.7. The third-order valence-electron chi connectivity index (χ3n) is 2.94. The van der Waals surface area contributed by atoms with Crippen LogP contribution in [0.15, 0.2) is 33.7 Å². The Morgan fingerprint density at radius 2 is 2.05 bits per heavy atom. The third-order valence-corrected chi connectivity index (χ3v) is 2.94. The molecule has 96 valence electrons. The lowest BCUT2D eigenvalue weighted by Crippen LogP contribution is -1.89. The first-order valence-electron chi connectivity index (χ1n) is 5.84. The molecule has 0 atom stereocenters. The highest BCUT2D eigenvalue weighted by molar-refractivity contribution is 5.85. The van der Waals surface area contributed by atoms with Crippen LogP contribution in [0.25, 0.3) is 0 Å². The van der Waals surface area contributed by atoms with E-state index >= 15 is 0 Å². The molecule has 1 aromatic carbocycles. The molecule has 1 heterocycles. The van der Waals surface area contributed by atoms with Gasteiger partial charge >= 0.3 is 0 Å². The fraction of sp³-hybridized carbons (Fsp3) is 0.200. The van der Waals surface area contributed by atoms with Crippen molar-refractivity contribution < 1.29 is 9.15 Å². The maximum Gasteiger partial charge on any atom is 0.237 e. The molecule has 0 amide bonds. The van der Waals surface area contributed by atoms with Crippen LogP contribution in [0.3, 0.4) is 0 Å². The van der Waals surface area contributed by atoms with E-state index in [-0.39, 0.29) is 0 Å². The summed E-state index contributed by atoms with van der Waals surface area (Å²) in [6, 6.07) is 9.63. The predicted molar refractivity (Wildman–Crippen MR) is 73.1 cm³/mol. The summed E-state index contributed by atoms with van der Waals surface area (Å²) in [6.07, 6.45) is 1.64. The fourth-order valence-electron chi connectivity index (χ4n) is 1.73. The molecule has 19 heavy (non-hydrogen) atoms. The van der Waals surface area contributed by atoms with Crippen LogP contribution in [0.1, 0.15) is 22.5 Å². The molecule has 1 aromatic heterocycles. The Labute approximate surface area is 112 Å². The molecule has 0 saturated heterocycles. The molecule has 2 rings (SSSR count). The van der Waals surface area contributed by atoms with Gasteiger partial charge in [-0.15, -0.1) is 0 Å². The monoisotopic (exact) mass is 254 g/mol. The third kappa shape index (κ3) is 2.50. The SMILES string of the molecule is COc1ccccc1C=Nc1oc(C)c(C)c1C#N. The summed E-state index contributed by atoms with van der Waals surface area (Å²) in [5.74, 6) is 1.77. The molecule has 0 N–H and O–H groups in total. The van der Waals surface area contributed by atoms with Gasteiger partial charge in [0.05, 0.1) is 7.11 Å². The Bertz CT molecular complexity index is 663. The van der Waals surface area contributed by atoms with Gasteiger partial charge in [-0.05, 0) is 26.0 Å². The van der Waals surface area contributed by atoms with Gasteiger partial charge in [-0.25, -0.2) is 4.99 Å². The molecule has 0 bridgehead atoms. The van der Waals surface area contributed by atoms with Crippen LogP contribution in [0, 0.1) is 25.2 Å². The second-order valence-corrected chi connectivity index (χ2v) is 4.08. The van der Waals surface area contributed by atoms with Gasteiger partial charge in [0, 0.05) is 17.3 Å². The first-order chi connectivity index (χ1) is 9.17. The minimum absolute atomic E-state index is 0.336. The lowest BCUT2D eigenvalue weighted by atomic mass is 10.2. The van der Waals surface area contributed by atoms with Gasteiger partial charge < -0.3 is 9.15 Å². The van der Waals surface area contributed by atoms with E-state index in [4.69, 9.17) is 14.4 Å². The van der Waals surface area contributed by atoms with E-state index in [9.17, 15) is 0 Å². The van der Waals surface area contributed by atoms with Crippen molar-refractivity contribution in [1.82, 2.24) is 0 Å². The zero-order valence-corrected chi connectivity index (χ0v) is 11.1. The number of furan rings is 1. The highest BCUT2D eigenvalue weighted by Crippen LogP contribution is 2.28. The molecular weight excluding hydrogens is 240 g/mol. The summed E-state index contributed by atoms with van der Waals surface area (Å²) in [7, 11) is 1.61. The van der Waals surface area contributed by atoms with Gasteiger partial charge in [0.15, 0.2) is 0 Å². The second kappa shape index (κ2) is 5.40. The van der Waals surface area contributed by atoms with Gasteiger partial charge in [-0.1, -0.05) is 12.1 Å². The topological polar surface area (TPSA) is 58.5 Å². The lowest BCUT2D eigenvalue weighted by Gasteiger charge is -2.02. The van der Waals surface area contributed by atoms with Crippen LogP contribution in [-0.4, -0.2) is 13.3 Å². The van der Waals surface area contributed by atoms with Gasteiger partial charge in [-0.3, -0.25) is 0 Å². The number of benzene rings is 1. The van der Waals surface area contributed by atoms with E-state index in [1.54, 1.807) is 13.3 Å². The Balaban J connectivity index is 2.39. The molecule has 0 radical (unpaired) electrons. The molecule has 0 aliphatic heterocycles. The molecular formula is C15H14N2O2. The highest BCUT2D eigenvalue weighted by atomic mass is 16.5. The second-order valence-electron chi connectivity index (χ2n) is 4.08. The van der Waals surface area contributed by atoms with E-state index in [0.717, 1.165) is 16.9 Å². The van der Waals surface area contributed by atoms with Crippen molar-refractivity contribution in [3.63, 3.8) is 0 Å². The van der Waals surface area contributed by atoms with E-state index in [1.165, 1.54) is 0 Å². The Morgan fingerprint density at radius 3 is 2.74 bits per heavy atom. The largest absolute Gasteiger partial charge is 0.496 e. The molecule has 0 aliphatic carbocycles. The van der Waals surface area contributed by atoms with Crippen molar-refractivity contribution in [3.05, 3.63) is 46.7 Å². The van der Waals surface area contributed by atoms with E-state index in [0.29, 0.717) is 17.2 Å². The lowest BCUT2D eigenvalue weighted by molar-refractivity contribution is 0.414. The number of rotatable bonds is 3. The number of hydrogen-bond donors (Lipinski definition) is 0. The average molecular weight is 254 g/mol. The van der Waals surface area contributed by atoms with Crippen molar-refractivity contribution in [2.75, 3.05) is 7.11 Å². The first kappa shape index (κ1) is 12.9. The number of nitrogens with zero attached hydrogens (tertiary/aromatic N) is 2. The standard InChI is InChI=1S/C15H14N2O2/c1-10-11(2)19-15(13(10)8-16)17-9-12-6-4-5-7-14(12)18-3/h4-7,9H,1-3H3. The summed E-state index contributed by atoms with van der Waals surface area (Å²) in [6.45, 7) is 3.66. The fourth-order valence-corrected chi connectivity index (χ4v) is 1.73. The summed E-state index contributed by atoms with van der Waals surface area (Å²) >= 11 is 0. The molecule has 0 saturated carbocycles. The minimum atomic E-state index is 0.336. The Hall–Kier alpha value is -2.54. The summed E-state index contributed by atoms with van der Waals surface area (Å²) in [5, 5.41) is 9.10. The van der Waals surface area contributed by atoms with Crippen molar-refractivity contribution >= 4 is 12.1 Å². The van der Waals surface area contributed by atoms with Crippen LogP contribution >= 0.6 is 0 Å². The highest BCUT2D eigenvalue weighted by Gasteiger charge is 2.13. The van der Waals surface area contributed by atoms with Crippen molar-refractivity contribution in [2.24, 2.45) is 4.99 Å². The normalized spacial score (nSPS) is 10.6. The summed E-state index contributed by atoms with van der Waals surface area (Å²) in [4.78, 5) is 4.24. The Morgan fingerprint density at radius 1 is 1.32 bits per heavy atom. The first-order valence-corrected chi connectivity index (χ1v) is 5.84. The zero-order chi connectivity index (χ0) is 13.8. The number of nitriles is 1. The average Bonchev–Trinajstić information content (AvgIpc) is 2.71. The molecule has 4 nitrogen and oxygen atoms in total. The van der Waals surface area contributed by atoms with Crippen LogP contribution in [0.5, 0.6) is 5.75 Å². The van der Waals surface area contributed by atoms with E-state index < -0.39 is 0 Å². The quantitative estimate of drug-likeness (QED) is 0.787. The maximum atomic E-state index is 9.10. The van der Waals surface area contributed by atoms with Crippen LogP contribution < -0.4 is 4.74 Å². The molecule has 4 heteroatoms. The molecule has 0 aliphatic rings. The number of ether oxygens (including phenoxy) is 1. The minimum Gasteiger partial charge on any atom is -0.496 e. The van der Waals surface area contributed by atoms with E-state index in [1.807, 2.05) is 38.1 Å². The molecule has 0 spiro atoms. The Kier molecular flexibility index (Phi) is 3.67. The van der Waals surface area contributed by atoms with Gasteiger partial charge in [-0.2, -0.15) is 5.26 Å². The van der Waals surface area contributed by atoms with Gasteiger partial charge in [0.1, 0.15) is 23.1 Å². The smallest absolute Gasteiger partial charge is 0.237 e. The number of aliphatic imine (C=N–C) groups is 1. The van der Waals surface area contributed by atoms with Crippen LogP contribution in [0.2, 0.25) is 0 Å². The van der Waals surface area contributed by atoms with Crippen molar-refractivity contribution in [1.29, 1.82) is 5.26 Å². The van der Waals surface area contributed by atoms with Crippen LogP contribution in [-0.2, 0) is 0 Å². The number of aryl methyl sites for hydroxylation is 1. The molecule has 0 fully saturated rings. The summed E-state index contributed by atoms with van der Waals surface area (Å²) in [5.41, 5.74) is 2.14. The van der Waals surface area contributed by atoms with Crippen LogP contribution in [0.4, 0.5) is 5.88 Å². The maximum absolute atomic E-state index is 9.10.